The summed E-state index contributed by atoms with van der Waals surface area (Å²) in [7, 11) is 1.60. The zero-order valence-electron chi connectivity index (χ0n) is 10.8. The molecule has 1 aliphatic rings. The zero-order chi connectivity index (χ0) is 13.8. The van der Waals surface area contributed by atoms with Gasteiger partial charge in [0, 0.05) is 17.0 Å². The van der Waals surface area contributed by atoms with Gasteiger partial charge in [-0.05, 0) is 59.8 Å². The fourth-order valence-electron chi connectivity index (χ4n) is 2.27. The van der Waals surface area contributed by atoms with Crippen molar-refractivity contribution in [3.05, 3.63) is 28.2 Å². The van der Waals surface area contributed by atoms with Crippen LogP contribution in [0.4, 0.5) is 0 Å². The van der Waals surface area contributed by atoms with Crippen LogP contribution in [0.5, 0.6) is 5.75 Å². The lowest BCUT2D eigenvalue weighted by molar-refractivity contribution is 0.0928. The number of alkyl halides is 1. The Labute approximate surface area is 126 Å². The molecule has 0 radical (unpaired) electrons. The van der Waals surface area contributed by atoms with Gasteiger partial charge in [-0.25, -0.2) is 0 Å². The second-order valence-corrected chi connectivity index (χ2v) is 6.24. The number of methoxy groups -OCH3 is 1. The number of benzene rings is 1. The molecular weight excluding hydrogens is 330 g/mol. The van der Waals surface area contributed by atoms with E-state index in [1.165, 1.54) is 0 Å². The maximum absolute atomic E-state index is 12.1. The summed E-state index contributed by atoms with van der Waals surface area (Å²) in [6.07, 6.45) is 3.85. The predicted octanol–water partition coefficient (Wildman–Crippen LogP) is 3.74. The molecule has 104 valence electrons. The van der Waals surface area contributed by atoms with Gasteiger partial charge in [0.1, 0.15) is 5.75 Å². The molecule has 0 heterocycles. The first kappa shape index (κ1) is 14.7. The number of hydrogen-bond donors (Lipinski definition) is 1. The van der Waals surface area contributed by atoms with Gasteiger partial charge in [-0.15, -0.1) is 11.6 Å². The Morgan fingerprint density at radius 2 is 2.05 bits per heavy atom. The van der Waals surface area contributed by atoms with E-state index < -0.39 is 0 Å². The summed E-state index contributed by atoms with van der Waals surface area (Å²) in [4.78, 5) is 12.1. The average molecular weight is 347 g/mol. The van der Waals surface area contributed by atoms with Crippen LogP contribution in [0.1, 0.15) is 36.0 Å². The number of hydrogen-bond acceptors (Lipinski definition) is 2. The third-order valence-corrected chi connectivity index (χ3v) is 4.46. The minimum atomic E-state index is -0.0404. The molecule has 1 saturated carbocycles. The highest BCUT2D eigenvalue weighted by Gasteiger charge is 2.21. The lowest BCUT2D eigenvalue weighted by Gasteiger charge is -2.25. The highest BCUT2D eigenvalue weighted by molar-refractivity contribution is 9.10. The molecule has 1 fully saturated rings. The number of rotatable bonds is 3. The quantitative estimate of drug-likeness (QED) is 0.847. The van der Waals surface area contributed by atoms with Crippen LogP contribution in [0, 0.1) is 0 Å². The lowest BCUT2D eigenvalue weighted by Crippen LogP contribution is -2.37. The summed E-state index contributed by atoms with van der Waals surface area (Å²) >= 11 is 9.44. The van der Waals surface area contributed by atoms with Gasteiger partial charge in [-0.3, -0.25) is 4.79 Å². The first-order valence-corrected chi connectivity index (χ1v) is 7.61. The van der Waals surface area contributed by atoms with Crippen molar-refractivity contribution < 1.29 is 9.53 Å². The van der Waals surface area contributed by atoms with E-state index in [2.05, 4.69) is 21.2 Å². The van der Waals surface area contributed by atoms with Crippen LogP contribution in [-0.2, 0) is 0 Å². The minimum absolute atomic E-state index is 0.0404. The molecule has 2 rings (SSSR count). The number of amides is 1. The van der Waals surface area contributed by atoms with Crippen LogP contribution >= 0.6 is 27.5 Å². The summed E-state index contributed by atoms with van der Waals surface area (Å²) in [6, 6.07) is 5.57. The standard InChI is InChI=1S/C14H17BrClNO2/c1-19-13-7-2-9(8-12(13)15)14(18)17-11-5-3-10(16)4-6-11/h2,7-8,10-11H,3-6H2,1H3,(H,17,18). The Kier molecular flexibility index (Phi) is 5.11. The fourth-order valence-corrected chi connectivity index (χ4v) is 3.07. The van der Waals surface area contributed by atoms with E-state index in [0.717, 1.165) is 35.9 Å². The summed E-state index contributed by atoms with van der Waals surface area (Å²) in [5.41, 5.74) is 0.640. The molecule has 0 unspecified atom stereocenters. The highest BCUT2D eigenvalue weighted by Crippen LogP contribution is 2.26. The average Bonchev–Trinajstić information content (AvgIpc) is 2.41. The van der Waals surface area contributed by atoms with Crippen LogP contribution in [0.25, 0.3) is 0 Å². The molecule has 0 spiro atoms. The number of carbonyl (C=O) groups is 1. The van der Waals surface area contributed by atoms with E-state index in [9.17, 15) is 4.79 Å². The minimum Gasteiger partial charge on any atom is -0.496 e. The number of carbonyl (C=O) groups excluding carboxylic acids is 1. The van der Waals surface area contributed by atoms with Crippen molar-refractivity contribution in [1.82, 2.24) is 5.32 Å². The Morgan fingerprint density at radius 3 is 2.63 bits per heavy atom. The van der Waals surface area contributed by atoms with Gasteiger partial charge in [0.05, 0.1) is 11.6 Å². The first-order valence-electron chi connectivity index (χ1n) is 6.38. The largest absolute Gasteiger partial charge is 0.496 e. The Bertz CT molecular complexity index is 459. The number of ether oxygens (including phenoxy) is 1. The van der Waals surface area contributed by atoms with Crippen molar-refractivity contribution in [2.75, 3.05) is 7.11 Å². The molecule has 1 aliphatic carbocycles. The van der Waals surface area contributed by atoms with Gasteiger partial charge in [0.2, 0.25) is 0 Å². The Hall–Kier alpha value is -0.740. The first-order chi connectivity index (χ1) is 9.10. The maximum Gasteiger partial charge on any atom is 0.251 e. The van der Waals surface area contributed by atoms with Crippen LogP contribution < -0.4 is 10.1 Å². The summed E-state index contributed by atoms with van der Waals surface area (Å²) in [5, 5.41) is 3.33. The normalized spacial score (nSPS) is 22.9. The Morgan fingerprint density at radius 1 is 1.37 bits per heavy atom. The van der Waals surface area contributed by atoms with Crippen molar-refractivity contribution in [2.45, 2.75) is 37.1 Å². The van der Waals surface area contributed by atoms with Crippen LogP contribution in [-0.4, -0.2) is 24.4 Å². The molecule has 0 saturated heterocycles. The molecule has 1 aromatic carbocycles. The molecule has 3 nitrogen and oxygen atoms in total. The molecule has 0 aromatic heterocycles. The van der Waals surface area contributed by atoms with Crippen molar-refractivity contribution in [1.29, 1.82) is 0 Å². The van der Waals surface area contributed by atoms with E-state index in [4.69, 9.17) is 16.3 Å². The van der Waals surface area contributed by atoms with Gasteiger partial charge in [0.25, 0.3) is 5.91 Å². The molecule has 0 atom stereocenters. The fraction of sp³-hybridized carbons (Fsp3) is 0.500. The van der Waals surface area contributed by atoms with Crippen LogP contribution in [0.2, 0.25) is 0 Å². The van der Waals surface area contributed by atoms with E-state index in [-0.39, 0.29) is 17.3 Å². The maximum atomic E-state index is 12.1. The lowest BCUT2D eigenvalue weighted by atomic mass is 9.95. The van der Waals surface area contributed by atoms with Gasteiger partial charge in [-0.2, -0.15) is 0 Å². The summed E-state index contributed by atoms with van der Waals surface area (Å²) < 4.78 is 5.93. The van der Waals surface area contributed by atoms with Crippen LogP contribution in [0.15, 0.2) is 22.7 Å². The van der Waals surface area contributed by atoms with Crippen molar-refractivity contribution in [3.63, 3.8) is 0 Å². The third kappa shape index (κ3) is 3.86. The monoisotopic (exact) mass is 345 g/mol. The van der Waals surface area contributed by atoms with Gasteiger partial charge >= 0.3 is 0 Å². The molecular formula is C14H17BrClNO2. The predicted molar refractivity (Wildman–Crippen MR) is 80.1 cm³/mol. The van der Waals surface area contributed by atoms with Gasteiger partial charge in [0.15, 0.2) is 0 Å². The smallest absolute Gasteiger partial charge is 0.251 e. The third-order valence-electron chi connectivity index (χ3n) is 3.41. The van der Waals surface area contributed by atoms with E-state index in [1.54, 1.807) is 25.3 Å². The van der Waals surface area contributed by atoms with Crippen molar-refractivity contribution >= 4 is 33.4 Å². The van der Waals surface area contributed by atoms with Crippen molar-refractivity contribution in [3.8, 4) is 5.75 Å². The number of nitrogens with one attached hydrogen (secondary N) is 1. The molecule has 5 heteroatoms. The number of halogens is 2. The van der Waals surface area contributed by atoms with Gasteiger partial charge < -0.3 is 10.1 Å². The molecule has 0 aliphatic heterocycles. The SMILES string of the molecule is COc1ccc(C(=O)NC2CCC(Cl)CC2)cc1Br. The molecule has 1 aromatic rings. The van der Waals surface area contributed by atoms with Crippen molar-refractivity contribution in [2.24, 2.45) is 0 Å². The van der Waals surface area contributed by atoms with Gasteiger partial charge in [-0.1, -0.05) is 0 Å². The molecule has 1 N–H and O–H groups in total. The highest BCUT2D eigenvalue weighted by atomic mass is 79.9. The van der Waals surface area contributed by atoms with Crippen LogP contribution in [0.3, 0.4) is 0 Å². The Balaban J connectivity index is 1.98. The van der Waals surface area contributed by atoms with E-state index in [0.29, 0.717) is 5.56 Å². The molecule has 1 amide bonds. The topological polar surface area (TPSA) is 38.3 Å². The second-order valence-electron chi connectivity index (χ2n) is 4.77. The summed E-state index contributed by atoms with van der Waals surface area (Å²) in [5.74, 6) is 0.681. The molecule has 19 heavy (non-hydrogen) atoms. The van der Waals surface area contributed by atoms with E-state index in [1.807, 2.05) is 0 Å². The molecule has 0 bridgehead atoms. The second kappa shape index (κ2) is 6.62. The zero-order valence-corrected chi connectivity index (χ0v) is 13.1. The summed E-state index contributed by atoms with van der Waals surface area (Å²) in [6.45, 7) is 0. The van der Waals surface area contributed by atoms with E-state index >= 15 is 0 Å².